The van der Waals surface area contributed by atoms with Gasteiger partial charge in [-0.15, -0.1) is 0 Å². The Morgan fingerprint density at radius 2 is 1.90 bits per heavy atom. The van der Waals surface area contributed by atoms with Gasteiger partial charge < -0.3 is 15.5 Å². The maximum Gasteiger partial charge on any atom is 0.229 e. The summed E-state index contributed by atoms with van der Waals surface area (Å²) in [5.41, 5.74) is 9.82. The third-order valence-corrected chi connectivity index (χ3v) is 6.98. The molecule has 0 saturated heterocycles. The minimum Gasteiger partial charge on any atom is -0.453 e. The standard InChI is InChI=1S/C27H23ClFN5O4S/c1-14-9-16-11-23(32-22(16)12-21(14)33-39(3,36)37)25(35)18-13-31-34(27(18)30)24-8-7-17(10-15(24)2)38-26-19(28)5-4-6-20(26)29/h4-13,32-33H,30H2,1-3H3. The normalized spacial score (nSPS) is 11.6. The van der Waals surface area contributed by atoms with Gasteiger partial charge in [-0.2, -0.15) is 5.10 Å². The second-order valence-corrected chi connectivity index (χ2v) is 11.3. The largest absolute Gasteiger partial charge is 0.453 e. The Morgan fingerprint density at radius 3 is 2.59 bits per heavy atom. The minimum atomic E-state index is -3.47. The summed E-state index contributed by atoms with van der Waals surface area (Å²) in [7, 11) is -3.47. The molecule has 39 heavy (non-hydrogen) atoms. The molecular weight excluding hydrogens is 545 g/mol. The molecule has 200 valence electrons. The molecule has 2 aromatic heterocycles. The number of nitrogens with zero attached hydrogens (tertiary/aromatic N) is 2. The van der Waals surface area contributed by atoms with Crippen molar-refractivity contribution in [3.05, 3.63) is 94.0 Å². The van der Waals surface area contributed by atoms with Gasteiger partial charge in [0.25, 0.3) is 0 Å². The molecule has 0 fully saturated rings. The van der Waals surface area contributed by atoms with E-state index in [-0.39, 0.29) is 33.6 Å². The average Bonchev–Trinajstić information content (AvgIpc) is 3.44. The molecule has 5 aromatic rings. The zero-order chi connectivity index (χ0) is 28.1. The minimum absolute atomic E-state index is 0.0782. The van der Waals surface area contributed by atoms with Gasteiger partial charge in [0.2, 0.25) is 15.8 Å². The van der Waals surface area contributed by atoms with Gasteiger partial charge in [0.05, 0.1) is 40.1 Å². The number of para-hydroxylation sites is 1. The van der Waals surface area contributed by atoms with Crippen molar-refractivity contribution in [2.24, 2.45) is 0 Å². The molecule has 0 atom stereocenters. The topological polar surface area (TPSA) is 132 Å². The fraction of sp³-hybridized carbons (Fsp3) is 0.111. The Hall–Kier alpha value is -4.35. The number of rotatable bonds is 7. The second kappa shape index (κ2) is 9.75. The molecular formula is C27H23ClFN5O4S. The van der Waals surface area contributed by atoms with E-state index in [1.165, 1.54) is 29.1 Å². The highest BCUT2D eigenvalue weighted by molar-refractivity contribution is 7.92. The number of nitrogens with two attached hydrogens (primary N) is 1. The van der Waals surface area contributed by atoms with Crippen LogP contribution in [-0.4, -0.2) is 35.2 Å². The van der Waals surface area contributed by atoms with Gasteiger partial charge in [-0.3, -0.25) is 9.52 Å². The van der Waals surface area contributed by atoms with Crippen molar-refractivity contribution in [1.82, 2.24) is 14.8 Å². The van der Waals surface area contributed by atoms with E-state index in [0.717, 1.165) is 11.6 Å². The number of carbonyl (C=O) groups is 1. The first-order valence-electron chi connectivity index (χ1n) is 11.6. The number of hydrogen-bond acceptors (Lipinski definition) is 6. The number of aromatic nitrogens is 3. The molecule has 12 heteroatoms. The van der Waals surface area contributed by atoms with E-state index in [4.69, 9.17) is 22.1 Å². The van der Waals surface area contributed by atoms with Crippen LogP contribution in [0.15, 0.2) is 60.8 Å². The van der Waals surface area contributed by atoms with Crippen LogP contribution in [0, 0.1) is 19.7 Å². The number of aryl methyl sites for hydroxylation is 2. The molecule has 0 radical (unpaired) electrons. The van der Waals surface area contributed by atoms with Crippen molar-refractivity contribution in [2.45, 2.75) is 13.8 Å². The average molecular weight is 568 g/mol. The Morgan fingerprint density at radius 1 is 1.13 bits per heavy atom. The number of carbonyl (C=O) groups excluding carboxylic acids is 1. The number of benzene rings is 3. The lowest BCUT2D eigenvalue weighted by atomic mass is 10.1. The smallest absolute Gasteiger partial charge is 0.229 e. The number of hydrogen-bond donors (Lipinski definition) is 3. The van der Waals surface area contributed by atoms with Crippen LogP contribution in [0.25, 0.3) is 16.6 Å². The summed E-state index contributed by atoms with van der Waals surface area (Å²) >= 11 is 6.06. The number of sulfonamides is 1. The van der Waals surface area contributed by atoms with Crippen molar-refractivity contribution in [3.8, 4) is 17.2 Å². The zero-order valence-corrected chi connectivity index (χ0v) is 22.6. The Labute approximate surface area is 228 Å². The number of fused-ring (bicyclic) bond motifs is 1. The van der Waals surface area contributed by atoms with E-state index < -0.39 is 15.8 Å². The molecule has 0 spiro atoms. The van der Waals surface area contributed by atoms with Gasteiger partial charge in [-0.1, -0.05) is 17.7 Å². The van der Waals surface area contributed by atoms with Gasteiger partial charge >= 0.3 is 0 Å². The lowest BCUT2D eigenvalue weighted by molar-refractivity contribution is 0.103. The summed E-state index contributed by atoms with van der Waals surface area (Å²) in [5, 5.41) is 5.20. The first kappa shape index (κ1) is 26.3. The van der Waals surface area contributed by atoms with Crippen molar-refractivity contribution in [2.75, 3.05) is 16.7 Å². The van der Waals surface area contributed by atoms with Crippen LogP contribution in [0.2, 0.25) is 5.02 Å². The lowest BCUT2D eigenvalue weighted by Crippen LogP contribution is -2.10. The van der Waals surface area contributed by atoms with Gasteiger partial charge in [-0.25, -0.2) is 17.5 Å². The second-order valence-electron chi connectivity index (χ2n) is 9.10. The molecule has 0 saturated carbocycles. The summed E-state index contributed by atoms with van der Waals surface area (Å²) in [6, 6.07) is 14.4. The third kappa shape index (κ3) is 5.18. The Bertz CT molecular complexity index is 1860. The lowest BCUT2D eigenvalue weighted by Gasteiger charge is -2.12. The number of halogens is 2. The summed E-state index contributed by atoms with van der Waals surface area (Å²) in [6.45, 7) is 3.57. The van der Waals surface area contributed by atoms with E-state index in [2.05, 4.69) is 14.8 Å². The van der Waals surface area contributed by atoms with Crippen LogP contribution in [-0.2, 0) is 10.0 Å². The van der Waals surface area contributed by atoms with E-state index >= 15 is 0 Å². The van der Waals surface area contributed by atoms with E-state index in [9.17, 15) is 17.6 Å². The molecule has 0 bridgehead atoms. The van der Waals surface area contributed by atoms with Crippen molar-refractivity contribution >= 4 is 49.8 Å². The van der Waals surface area contributed by atoms with E-state index in [1.54, 1.807) is 50.2 Å². The van der Waals surface area contributed by atoms with Crippen LogP contribution >= 0.6 is 11.6 Å². The van der Waals surface area contributed by atoms with Crippen LogP contribution < -0.4 is 15.2 Å². The van der Waals surface area contributed by atoms with Gasteiger partial charge in [0.1, 0.15) is 11.6 Å². The fourth-order valence-electron chi connectivity index (χ4n) is 4.22. The van der Waals surface area contributed by atoms with E-state index in [1.807, 2.05) is 0 Å². The van der Waals surface area contributed by atoms with Gasteiger partial charge in [-0.05, 0) is 73.5 Å². The highest BCUT2D eigenvalue weighted by atomic mass is 35.5. The number of nitrogen functional groups attached to an aromatic ring is 1. The molecule has 0 aliphatic carbocycles. The molecule has 0 amide bonds. The van der Waals surface area contributed by atoms with Crippen LogP contribution in [0.3, 0.4) is 0 Å². The van der Waals surface area contributed by atoms with Crippen molar-refractivity contribution in [3.63, 3.8) is 0 Å². The molecule has 0 unspecified atom stereocenters. The van der Waals surface area contributed by atoms with Gasteiger partial charge in [0, 0.05) is 10.9 Å². The summed E-state index contributed by atoms with van der Waals surface area (Å²) < 4.78 is 47.0. The maximum absolute atomic E-state index is 14.1. The quantitative estimate of drug-likeness (QED) is 0.215. The Kier molecular flexibility index (Phi) is 6.57. The number of nitrogens with one attached hydrogen (secondary N) is 2. The molecule has 5 rings (SSSR count). The molecule has 0 aliphatic heterocycles. The molecule has 0 aliphatic rings. The first-order chi connectivity index (χ1) is 18.4. The summed E-state index contributed by atoms with van der Waals surface area (Å²) in [5.74, 6) is -0.548. The zero-order valence-electron chi connectivity index (χ0n) is 21.0. The third-order valence-electron chi connectivity index (χ3n) is 6.09. The van der Waals surface area contributed by atoms with Crippen molar-refractivity contribution in [1.29, 1.82) is 0 Å². The van der Waals surface area contributed by atoms with Crippen molar-refractivity contribution < 1.29 is 22.3 Å². The van der Waals surface area contributed by atoms with Crippen LogP contribution in [0.5, 0.6) is 11.5 Å². The van der Waals surface area contributed by atoms with Gasteiger partial charge in [0.15, 0.2) is 11.6 Å². The predicted molar refractivity (Wildman–Crippen MR) is 149 cm³/mol. The Balaban J connectivity index is 1.43. The number of ketones is 1. The number of aromatic amines is 1. The fourth-order valence-corrected chi connectivity index (χ4v) is 5.04. The van der Waals surface area contributed by atoms with Crippen LogP contribution in [0.1, 0.15) is 27.2 Å². The molecule has 3 aromatic carbocycles. The summed E-state index contributed by atoms with van der Waals surface area (Å²) in [6.07, 6.45) is 2.45. The van der Waals surface area contributed by atoms with E-state index in [0.29, 0.717) is 33.8 Å². The summed E-state index contributed by atoms with van der Waals surface area (Å²) in [4.78, 5) is 16.4. The predicted octanol–water partition coefficient (Wildman–Crippen LogP) is 5.74. The number of H-pyrrole nitrogens is 1. The molecule has 2 heterocycles. The number of anilines is 2. The highest BCUT2D eigenvalue weighted by Gasteiger charge is 2.21. The maximum atomic E-state index is 14.1. The highest BCUT2D eigenvalue weighted by Crippen LogP contribution is 2.34. The number of ether oxygens (including phenoxy) is 1. The van der Waals surface area contributed by atoms with Crippen LogP contribution in [0.4, 0.5) is 15.9 Å². The molecule has 9 nitrogen and oxygen atoms in total. The monoisotopic (exact) mass is 567 g/mol. The molecule has 4 N–H and O–H groups in total. The SMILES string of the molecule is Cc1cc2cc(C(=O)c3cnn(-c4ccc(Oc5c(F)cccc5Cl)cc4C)c3N)[nH]c2cc1NS(C)(=O)=O. The first-order valence-corrected chi connectivity index (χ1v) is 13.9.